The third-order valence-electron chi connectivity index (χ3n) is 2.23. The second-order valence-electron chi connectivity index (χ2n) is 3.13. The van der Waals surface area contributed by atoms with Gasteiger partial charge in [-0.05, 0) is 6.07 Å². The molecule has 7 heteroatoms. The zero-order valence-electron chi connectivity index (χ0n) is 9.43. The van der Waals surface area contributed by atoms with Crippen LogP contribution in [-0.2, 0) is 11.3 Å². The lowest BCUT2D eigenvalue weighted by Gasteiger charge is -2.09. The molecular weight excluding hydrogens is 228 g/mol. The molecule has 0 aliphatic heterocycles. The molecule has 0 radical (unpaired) electrons. The predicted octanol–water partition coefficient (Wildman–Crippen LogP) is 0.849. The molecular formula is C10H12N2O5. The highest BCUT2D eigenvalue weighted by Gasteiger charge is 2.22. The average Bonchev–Trinajstić information content (AvgIpc) is 2.35. The lowest BCUT2D eigenvalue weighted by molar-refractivity contribution is -0.385. The largest absolute Gasteiger partial charge is 0.496 e. The molecule has 0 spiro atoms. The van der Waals surface area contributed by atoms with Crippen LogP contribution in [0.2, 0.25) is 0 Å². The lowest BCUT2D eigenvalue weighted by atomic mass is 10.1. The SMILES string of the molecule is COC(=O)c1cc(OC)c(CN)c([N+](=O)[O-])c1. The van der Waals surface area contributed by atoms with Gasteiger partial charge in [-0.1, -0.05) is 0 Å². The summed E-state index contributed by atoms with van der Waals surface area (Å²) in [6.07, 6.45) is 0. The van der Waals surface area contributed by atoms with Crippen molar-refractivity contribution in [3.8, 4) is 5.75 Å². The third kappa shape index (κ3) is 2.51. The summed E-state index contributed by atoms with van der Waals surface area (Å²) in [7, 11) is 2.54. The van der Waals surface area contributed by atoms with Gasteiger partial charge in [0, 0.05) is 12.6 Å². The Kier molecular flexibility index (Phi) is 4.00. The fraction of sp³-hybridized carbons (Fsp3) is 0.300. The minimum atomic E-state index is -0.671. The van der Waals surface area contributed by atoms with Gasteiger partial charge in [0.15, 0.2) is 0 Å². The van der Waals surface area contributed by atoms with Crippen LogP contribution >= 0.6 is 0 Å². The van der Waals surface area contributed by atoms with E-state index in [-0.39, 0.29) is 29.1 Å². The first-order valence-electron chi connectivity index (χ1n) is 4.68. The number of hydrogen-bond acceptors (Lipinski definition) is 6. The predicted molar refractivity (Wildman–Crippen MR) is 58.9 cm³/mol. The van der Waals surface area contributed by atoms with E-state index in [0.29, 0.717) is 0 Å². The average molecular weight is 240 g/mol. The summed E-state index contributed by atoms with van der Waals surface area (Å²) < 4.78 is 9.47. The van der Waals surface area contributed by atoms with Crippen LogP contribution in [-0.4, -0.2) is 25.1 Å². The summed E-state index contributed by atoms with van der Waals surface area (Å²) in [5.41, 5.74) is 5.46. The number of nitrogens with two attached hydrogens (primary N) is 1. The third-order valence-corrected chi connectivity index (χ3v) is 2.23. The molecule has 2 N–H and O–H groups in total. The Morgan fingerprint density at radius 1 is 1.47 bits per heavy atom. The van der Waals surface area contributed by atoms with E-state index >= 15 is 0 Å². The maximum Gasteiger partial charge on any atom is 0.338 e. The van der Waals surface area contributed by atoms with Crippen molar-refractivity contribution in [1.82, 2.24) is 0 Å². The van der Waals surface area contributed by atoms with Gasteiger partial charge in [0.2, 0.25) is 0 Å². The van der Waals surface area contributed by atoms with E-state index in [0.717, 1.165) is 6.07 Å². The van der Waals surface area contributed by atoms with Crippen molar-refractivity contribution in [2.24, 2.45) is 5.73 Å². The number of esters is 1. The van der Waals surface area contributed by atoms with Gasteiger partial charge in [0.25, 0.3) is 5.69 Å². The van der Waals surface area contributed by atoms with E-state index in [9.17, 15) is 14.9 Å². The monoisotopic (exact) mass is 240 g/mol. The van der Waals surface area contributed by atoms with Crippen molar-refractivity contribution in [2.75, 3.05) is 14.2 Å². The molecule has 0 aliphatic carbocycles. The summed E-state index contributed by atoms with van der Waals surface area (Å²) in [5.74, 6) is -0.475. The van der Waals surface area contributed by atoms with Crippen LogP contribution in [0.1, 0.15) is 15.9 Å². The summed E-state index contributed by atoms with van der Waals surface area (Å²) in [5, 5.41) is 10.9. The van der Waals surface area contributed by atoms with Gasteiger partial charge >= 0.3 is 5.97 Å². The van der Waals surface area contributed by atoms with Crippen molar-refractivity contribution in [3.05, 3.63) is 33.4 Å². The number of carbonyl (C=O) groups excluding carboxylic acids is 1. The van der Waals surface area contributed by atoms with Gasteiger partial charge in [0.05, 0.1) is 30.3 Å². The maximum atomic E-state index is 11.3. The van der Waals surface area contributed by atoms with E-state index in [1.807, 2.05) is 0 Å². The molecule has 7 nitrogen and oxygen atoms in total. The summed E-state index contributed by atoms with van der Waals surface area (Å²) in [6.45, 7) is -0.0546. The summed E-state index contributed by atoms with van der Waals surface area (Å²) in [6, 6.07) is 2.48. The molecule has 17 heavy (non-hydrogen) atoms. The van der Waals surface area contributed by atoms with Crippen molar-refractivity contribution in [1.29, 1.82) is 0 Å². The molecule has 0 fully saturated rings. The Labute approximate surface area is 97.3 Å². The zero-order chi connectivity index (χ0) is 13.0. The quantitative estimate of drug-likeness (QED) is 0.475. The van der Waals surface area contributed by atoms with Crippen LogP contribution in [0.15, 0.2) is 12.1 Å². The van der Waals surface area contributed by atoms with E-state index in [2.05, 4.69) is 4.74 Å². The van der Waals surface area contributed by atoms with Gasteiger partial charge in [-0.3, -0.25) is 10.1 Å². The Hall–Kier alpha value is -2.15. The normalized spacial score (nSPS) is 9.82. The number of carbonyl (C=O) groups is 1. The highest BCUT2D eigenvalue weighted by molar-refractivity contribution is 5.91. The first kappa shape index (κ1) is 12.9. The van der Waals surface area contributed by atoms with Gasteiger partial charge in [0.1, 0.15) is 5.75 Å². The van der Waals surface area contributed by atoms with E-state index in [4.69, 9.17) is 10.5 Å². The minimum absolute atomic E-state index is 0.0493. The molecule has 92 valence electrons. The Bertz CT molecular complexity index is 458. The number of benzene rings is 1. The van der Waals surface area contributed by atoms with Gasteiger partial charge in [-0.2, -0.15) is 0 Å². The van der Waals surface area contributed by atoms with E-state index < -0.39 is 10.9 Å². The summed E-state index contributed by atoms with van der Waals surface area (Å²) >= 11 is 0. The Balaban J connectivity index is 3.45. The number of nitro groups is 1. The number of nitro benzene ring substituents is 1. The van der Waals surface area contributed by atoms with Gasteiger partial charge < -0.3 is 15.2 Å². The fourth-order valence-electron chi connectivity index (χ4n) is 1.42. The van der Waals surface area contributed by atoms with Crippen LogP contribution in [0.25, 0.3) is 0 Å². The van der Waals surface area contributed by atoms with Crippen LogP contribution in [0.3, 0.4) is 0 Å². The molecule has 1 rings (SSSR count). The standard InChI is InChI=1S/C10H12N2O5/c1-16-9-4-6(10(13)17-2)3-8(12(14)15)7(9)5-11/h3-4H,5,11H2,1-2H3. The molecule has 0 saturated heterocycles. The minimum Gasteiger partial charge on any atom is -0.496 e. The fourth-order valence-corrected chi connectivity index (χ4v) is 1.42. The zero-order valence-corrected chi connectivity index (χ0v) is 9.43. The van der Waals surface area contributed by atoms with E-state index in [1.54, 1.807) is 0 Å². The van der Waals surface area contributed by atoms with Crippen molar-refractivity contribution in [3.63, 3.8) is 0 Å². The topological polar surface area (TPSA) is 105 Å². The number of rotatable bonds is 4. The van der Waals surface area contributed by atoms with Gasteiger partial charge in [-0.15, -0.1) is 0 Å². The molecule has 0 aliphatic rings. The molecule has 1 aromatic rings. The maximum absolute atomic E-state index is 11.3. The number of hydrogen-bond donors (Lipinski definition) is 1. The van der Waals surface area contributed by atoms with Crippen molar-refractivity contribution < 1.29 is 19.2 Å². The molecule has 0 aromatic heterocycles. The van der Waals surface area contributed by atoms with Crippen molar-refractivity contribution in [2.45, 2.75) is 6.54 Å². The molecule has 0 unspecified atom stereocenters. The number of methoxy groups -OCH3 is 2. The molecule has 0 bridgehead atoms. The molecule has 0 atom stereocenters. The summed E-state index contributed by atoms with van der Waals surface area (Å²) in [4.78, 5) is 21.6. The lowest BCUT2D eigenvalue weighted by Crippen LogP contribution is -2.08. The van der Waals surface area contributed by atoms with E-state index in [1.165, 1.54) is 20.3 Å². The first-order valence-corrected chi connectivity index (χ1v) is 4.68. The molecule has 0 saturated carbocycles. The van der Waals surface area contributed by atoms with Crippen LogP contribution in [0, 0.1) is 10.1 Å². The van der Waals surface area contributed by atoms with Crippen LogP contribution in [0.4, 0.5) is 5.69 Å². The second-order valence-corrected chi connectivity index (χ2v) is 3.13. The molecule has 0 amide bonds. The Morgan fingerprint density at radius 3 is 2.53 bits per heavy atom. The number of ether oxygens (including phenoxy) is 2. The first-order chi connectivity index (χ1) is 8.04. The second kappa shape index (κ2) is 5.26. The molecule has 1 aromatic carbocycles. The number of nitrogens with zero attached hydrogens (tertiary/aromatic N) is 1. The van der Waals surface area contributed by atoms with Gasteiger partial charge in [-0.25, -0.2) is 4.79 Å². The molecule has 0 heterocycles. The van der Waals surface area contributed by atoms with Crippen LogP contribution in [0.5, 0.6) is 5.75 Å². The van der Waals surface area contributed by atoms with Crippen LogP contribution < -0.4 is 10.5 Å². The Morgan fingerprint density at radius 2 is 2.12 bits per heavy atom. The highest BCUT2D eigenvalue weighted by atomic mass is 16.6. The van der Waals surface area contributed by atoms with Crippen molar-refractivity contribution >= 4 is 11.7 Å². The highest BCUT2D eigenvalue weighted by Crippen LogP contribution is 2.30. The smallest absolute Gasteiger partial charge is 0.338 e.